The smallest absolute Gasteiger partial charge is 0.163 e. The molecule has 1 rings (SSSR count). The third-order valence-electron chi connectivity index (χ3n) is 2.14. The summed E-state index contributed by atoms with van der Waals surface area (Å²) in [6.45, 7) is 2.43. The Bertz CT molecular complexity index is 382. The second kappa shape index (κ2) is 3.67. The van der Waals surface area contributed by atoms with Crippen molar-refractivity contribution in [2.75, 3.05) is 0 Å². The van der Waals surface area contributed by atoms with Crippen molar-refractivity contribution >= 4 is 5.78 Å². The molecule has 0 amide bonds. The molecule has 0 saturated carbocycles. The van der Waals surface area contributed by atoms with E-state index in [1.54, 1.807) is 0 Å². The number of phenolic OH excluding ortho intramolecular Hbond substituents is 1. The lowest BCUT2D eigenvalue weighted by molar-refractivity contribution is 0.101. The van der Waals surface area contributed by atoms with Crippen LogP contribution < -0.4 is 0 Å². The zero-order valence-corrected chi connectivity index (χ0v) is 8.03. The summed E-state index contributed by atoms with van der Waals surface area (Å²) in [6.07, 6.45) is 0. The van der Waals surface area contributed by atoms with Gasteiger partial charge in [-0.15, -0.1) is 0 Å². The Labute approximate surface area is 81.4 Å². The van der Waals surface area contributed by atoms with E-state index in [9.17, 15) is 15.0 Å². The van der Waals surface area contributed by atoms with Gasteiger partial charge in [-0.2, -0.15) is 0 Å². The fourth-order valence-corrected chi connectivity index (χ4v) is 1.25. The van der Waals surface area contributed by atoms with Crippen LogP contribution >= 0.6 is 0 Å². The van der Waals surface area contributed by atoms with E-state index in [1.165, 1.54) is 19.9 Å². The van der Waals surface area contributed by atoms with E-state index in [1.807, 2.05) is 0 Å². The van der Waals surface area contributed by atoms with Crippen molar-refractivity contribution in [2.45, 2.75) is 20.5 Å². The fraction of sp³-hybridized carbons (Fsp3) is 0.300. The van der Waals surface area contributed by atoms with Gasteiger partial charge in [0.1, 0.15) is 11.5 Å². The summed E-state index contributed by atoms with van der Waals surface area (Å²) in [6, 6.07) is 1.29. The van der Waals surface area contributed by atoms with Gasteiger partial charge < -0.3 is 15.3 Å². The average Bonchev–Trinajstić information content (AvgIpc) is 2.14. The zero-order chi connectivity index (χ0) is 10.9. The van der Waals surface area contributed by atoms with Crippen LogP contribution in [0.4, 0.5) is 0 Å². The van der Waals surface area contributed by atoms with Crippen LogP contribution in [-0.2, 0) is 6.61 Å². The first-order chi connectivity index (χ1) is 6.49. The second-order valence-corrected chi connectivity index (χ2v) is 3.12. The van der Waals surface area contributed by atoms with Gasteiger partial charge in [0.2, 0.25) is 0 Å². The molecule has 0 saturated heterocycles. The van der Waals surface area contributed by atoms with Gasteiger partial charge in [0.25, 0.3) is 0 Å². The topological polar surface area (TPSA) is 77.8 Å². The predicted molar refractivity (Wildman–Crippen MR) is 50.4 cm³/mol. The van der Waals surface area contributed by atoms with Crippen LogP contribution in [0.3, 0.4) is 0 Å². The molecule has 0 aliphatic rings. The number of ketones is 1. The molecule has 4 heteroatoms. The predicted octanol–water partition coefficient (Wildman–Crippen LogP) is 1.10. The van der Waals surface area contributed by atoms with Crippen molar-refractivity contribution in [1.82, 2.24) is 0 Å². The molecule has 0 fully saturated rings. The highest BCUT2D eigenvalue weighted by Gasteiger charge is 2.15. The summed E-state index contributed by atoms with van der Waals surface area (Å²) < 4.78 is 0. The van der Waals surface area contributed by atoms with Crippen molar-refractivity contribution in [1.29, 1.82) is 0 Å². The Morgan fingerprint density at radius 3 is 2.36 bits per heavy atom. The lowest BCUT2D eigenvalue weighted by Crippen LogP contribution is -1.98. The molecule has 0 unspecified atom stereocenters. The van der Waals surface area contributed by atoms with E-state index in [2.05, 4.69) is 0 Å². The SMILES string of the molecule is CC(=O)c1cc(CO)c(O)c(C)c1O. The standard InChI is InChI=1S/C10H12O4/c1-5-9(13)7(4-11)3-8(6(2)12)10(5)14/h3,11,13-14H,4H2,1-2H3. The van der Waals surface area contributed by atoms with E-state index < -0.39 is 0 Å². The Kier molecular flexibility index (Phi) is 2.76. The normalized spacial score (nSPS) is 10.2. The molecule has 3 N–H and O–H groups in total. The third-order valence-corrected chi connectivity index (χ3v) is 2.14. The first-order valence-corrected chi connectivity index (χ1v) is 4.15. The van der Waals surface area contributed by atoms with Crippen molar-refractivity contribution in [3.05, 3.63) is 22.8 Å². The molecular formula is C10H12O4. The lowest BCUT2D eigenvalue weighted by Gasteiger charge is -2.10. The number of phenols is 2. The first-order valence-electron chi connectivity index (χ1n) is 4.15. The number of carbonyl (C=O) groups excluding carboxylic acids is 1. The number of carbonyl (C=O) groups is 1. The maximum Gasteiger partial charge on any atom is 0.163 e. The first kappa shape index (κ1) is 10.5. The number of aromatic hydroxyl groups is 2. The van der Waals surface area contributed by atoms with Crippen LogP contribution in [-0.4, -0.2) is 21.1 Å². The summed E-state index contributed by atoms with van der Waals surface area (Å²) in [5.74, 6) is -0.706. The summed E-state index contributed by atoms with van der Waals surface area (Å²) in [4.78, 5) is 11.1. The van der Waals surface area contributed by atoms with E-state index in [-0.39, 0.29) is 40.6 Å². The molecule has 0 spiro atoms. The molecule has 76 valence electrons. The minimum absolute atomic E-state index is 0.115. The highest BCUT2D eigenvalue weighted by molar-refractivity contribution is 5.97. The van der Waals surface area contributed by atoms with Crippen molar-refractivity contribution < 1.29 is 20.1 Å². The minimum Gasteiger partial charge on any atom is -0.507 e. The molecule has 14 heavy (non-hydrogen) atoms. The maximum atomic E-state index is 11.1. The Morgan fingerprint density at radius 1 is 1.36 bits per heavy atom. The molecule has 0 aliphatic heterocycles. The molecule has 4 nitrogen and oxygen atoms in total. The third kappa shape index (κ3) is 1.56. The van der Waals surface area contributed by atoms with Gasteiger partial charge >= 0.3 is 0 Å². The number of benzene rings is 1. The van der Waals surface area contributed by atoms with E-state index in [0.29, 0.717) is 0 Å². The zero-order valence-electron chi connectivity index (χ0n) is 8.03. The summed E-state index contributed by atoms with van der Waals surface area (Å²) >= 11 is 0. The van der Waals surface area contributed by atoms with Gasteiger partial charge in [0.05, 0.1) is 12.2 Å². The van der Waals surface area contributed by atoms with E-state index in [4.69, 9.17) is 5.11 Å². The van der Waals surface area contributed by atoms with E-state index in [0.717, 1.165) is 0 Å². The largest absolute Gasteiger partial charge is 0.507 e. The van der Waals surface area contributed by atoms with Crippen LogP contribution in [0.15, 0.2) is 6.07 Å². The number of aliphatic hydroxyl groups excluding tert-OH is 1. The molecule has 1 aromatic carbocycles. The van der Waals surface area contributed by atoms with Gasteiger partial charge in [0, 0.05) is 11.1 Å². The number of rotatable bonds is 2. The molecule has 0 heterocycles. The van der Waals surface area contributed by atoms with Crippen molar-refractivity contribution in [2.24, 2.45) is 0 Å². The van der Waals surface area contributed by atoms with Crippen LogP contribution in [0.1, 0.15) is 28.4 Å². The van der Waals surface area contributed by atoms with Crippen molar-refractivity contribution in [3.63, 3.8) is 0 Å². The quantitative estimate of drug-likeness (QED) is 0.619. The van der Waals surface area contributed by atoms with Gasteiger partial charge in [0.15, 0.2) is 5.78 Å². The summed E-state index contributed by atoms with van der Waals surface area (Å²) in [5, 5.41) is 27.8. The summed E-state index contributed by atoms with van der Waals surface area (Å²) in [7, 11) is 0. The number of hydrogen-bond acceptors (Lipinski definition) is 4. The van der Waals surface area contributed by atoms with Gasteiger partial charge in [-0.3, -0.25) is 4.79 Å². The Balaban J connectivity index is 3.48. The van der Waals surface area contributed by atoms with Gasteiger partial charge in [-0.25, -0.2) is 0 Å². The molecular weight excluding hydrogens is 184 g/mol. The van der Waals surface area contributed by atoms with Crippen LogP contribution in [0, 0.1) is 6.92 Å². The molecule has 0 aliphatic carbocycles. The van der Waals surface area contributed by atoms with Crippen LogP contribution in [0.2, 0.25) is 0 Å². The molecule has 1 aromatic rings. The van der Waals surface area contributed by atoms with Crippen molar-refractivity contribution in [3.8, 4) is 11.5 Å². The molecule has 0 bridgehead atoms. The fourth-order valence-electron chi connectivity index (χ4n) is 1.25. The Hall–Kier alpha value is -1.55. The Morgan fingerprint density at radius 2 is 1.93 bits per heavy atom. The summed E-state index contributed by atoms with van der Waals surface area (Å²) in [5.41, 5.74) is 0.566. The number of aliphatic hydroxyl groups is 1. The number of Topliss-reactive ketones (excluding diaryl/α,β-unsaturated/α-hetero) is 1. The highest BCUT2D eigenvalue weighted by atomic mass is 16.3. The molecule has 0 aromatic heterocycles. The maximum absolute atomic E-state index is 11.1. The molecule has 0 atom stereocenters. The molecule has 0 radical (unpaired) electrons. The lowest BCUT2D eigenvalue weighted by atomic mass is 10.0. The minimum atomic E-state index is -0.368. The second-order valence-electron chi connectivity index (χ2n) is 3.12. The van der Waals surface area contributed by atoms with Crippen LogP contribution in [0.5, 0.6) is 11.5 Å². The average molecular weight is 196 g/mol. The van der Waals surface area contributed by atoms with Gasteiger partial charge in [-0.1, -0.05) is 0 Å². The highest BCUT2D eigenvalue weighted by Crippen LogP contribution is 2.33. The van der Waals surface area contributed by atoms with Gasteiger partial charge in [-0.05, 0) is 19.9 Å². The number of hydrogen-bond donors (Lipinski definition) is 3. The monoisotopic (exact) mass is 196 g/mol. The van der Waals surface area contributed by atoms with Crippen LogP contribution in [0.25, 0.3) is 0 Å². The van der Waals surface area contributed by atoms with E-state index >= 15 is 0 Å².